The molecule has 2 aromatic carbocycles. The zero-order valence-corrected chi connectivity index (χ0v) is 13.6. The van der Waals surface area contributed by atoms with Crippen LogP contribution in [0.1, 0.15) is 55.5 Å². The normalized spacial score (nSPS) is 24.0. The number of aliphatic hydroxyl groups is 3. The van der Waals surface area contributed by atoms with Crippen LogP contribution in [0.4, 0.5) is 0 Å². The largest absolute Gasteiger partial charge is 0.507 e. The summed E-state index contributed by atoms with van der Waals surface area (Å²) in [7, 11) is 0. The van der Waals surface area contributed by atoms with E-state index in [0.717, 1.165) is 0 Å². The summed E-state index contributed by atoms with van der Waals surface area (Å²) in [5, 5.41) is 51.4. The summed E-state index contributed by atoms with van der Waals surface area (Å²) >= 11 is 0. The van der Waals surface area contributed by atoms with E-state index >= 15 is 0 Å². The van der Waals surface area contributed by atoms with Gasteiger partial charge < -0.3 is 25.5 Å². The van der Waals surface area contributed by atoms with E-state index in [4.69, 9.17) is 0 Å². The summed E-state index contributed by atoms with van der Waals surface area (Å²) < 4.78 is 0. The van der Waals surface area contributed by atoms with E-state index in [1.807, 2.05) is 0 Å². The third kappa shape index (κ3) is 2.05. The highest BCUT2D eigenvalue weighted by Gasteiger charge is 2.44. The van der Waals surface area contributed by atoms with Crippen LogP contribution in [0.15, 0.2) is 24.3 Å². The molecular formula is C19H16O7. The summed E-state index contributed by atoms with van der Waals surface area (Å²) in [5.41, 5.74) is -2.33. The van der Waals surface area contributed by atoms with E-state index in [1.54, 1.807) is 12.1 Å². The van der Waals surface area contributed by atoms with Gasteiger partial charge in [-0.25, -0.2) is 0 Å². The first-order chi connectivity index (χ1) is 12.3. The smallest absolute Gasteiger partial charge is 0.198 e. The van der Waals surface area contributed by atoms with Crippen molar-refractivity contribution in [2.24, 2.45) is 0 Å². The second-order valence-corrected chi connectivity index (χ2v) is 6.82. The van der Waals surface area contributed by atoms with E-state index in [9.17, 15) is 35.1 Å². The number of benzene rings is 2. The molecule has 2 atom stereocenters. The first-order valence-electron chi connectivity index (χ1n) is 8.09. The molecule has 0 amide bonds. The number of fused-ring (bicyclic) bond motifs is 3. The summed E-state index contributed by atoms with van der Waals surface area (Å²) in [6.07, 6.45) is -1.96. The van der Waals surface area contributed by atoms with E-state index in [-0.39, 0.29) is 46.2 Å². The van der Waals surface area contributed by atoms with E-state index in [0.29, 0.717) is 0 Å². The van der Waals surface area contributed by atoms with Gasteiger partial charge >= 0.3 is 0 Å². The molecule has 2 aliphatic carbocycles. The summed E-state index contributed by atoms with van der Waals surface area (Å²) in [5.74, 6) is -2.39. The second-order valence-electron chi connectivity index (χ2n) is 6.82. The van der Waals surface area contributed by atoms with Crippen molar-refractivity contribution in [1.29, 1.82) is 0 Å². The molecule has 2 aromatic rings. The lowest BCUT2D eigenvalue weighted by atomic mass is 9.73. The fourth-order valence-corrected chi connectivity index (χ4v) is 3.90. The van der Waals surface area contributed by atoms with Gasteiger partial charge in [0, 0.05) is 35.1 Å². The van der Waals surface area contributed by atoms with E-state index in [1.165, 1.54) is 12.1 Å². The maximum absolute atomic E-state index is 12.8. The Labute approximate surface area is 147 Å². The third-order valence-corrected chi connectivity index (χ3v) is 5.17. The lowest BCUT2D eigenvalue weighted by Crippen LogP contribution is -2.41. The van der Waals surface area contributed by atoms with Gasteiger partial charge in [0.2, 0.25) is 0 Å². The lowest BCUT2D eigenvalue weighted by molar-refractivity contribution is -0.0595. The Morgan fingerprint density at radius 1 is 1.00 bits per heavy atom. The third-order valence-electron chi connectivity index (χ3n) is 5.17. The Bertz CT molecular complexity index is 978. The SMILES string of the molecule is O=C1c2ccccc2C(=O)c2c(O)c3c(c(O)c21)C[C@@](O)(CO)C[C@H]3O. The number of phenolic OH excluding ortho intramolecular Hbond substituents is 2. The zero-order valence-electron chi connectivity index (χ0n) is 13.6. The van der Waals surface area contributed by atoms with Crippen LogP contribution in [0.5, 0.6) is 11.5 Å². The molecule has 7 heteroatoms. The minimum atomic E-state index is -1.70. The number of ketones is 2. The molecule has 0 bridgehead atoms. The van der Waals surface area contributed by atoms with Gasteiger partial charge in [-0.05, 0) is 0 Å². The molecule has 0 aliphatic heterocycles. The highest BCUT2D eigenvalue weighted by atomic mass is 16.3. The Kier molecular flexibility index (Phi) is 3.46. The predicted molar refractivity (Wildman–Crippen MR) is 88.4 cm³/mol. The fraction of sp³-hybridized carbons (Fsp3) is 0.263. The van der Waals surface area contributed by atoms with Gasteiger partial charge in [0.05, 0.1) is 29.4 Å². The van der Waals surface area contributed by atoms with Crippen molar-refractivity contribution in [2.75, 3.05) is 6.61 Å². The Hall–Kier alpha value is -2.74. The van der Waals surface area contributed by atoms with E-state index < -0.39 is 41.4 Å². The molecule has 0 fully saturated rings. The monoisotopic (exact) mass is 356 g/mol. The molecule has 0 radical (unpaired) electrons. The maximum Gasteiger partial charge on any atom is 0.198 e. The fourth-order valence-electron chi connectivity index (χ4n) is 3.90. The first-order valence-corrected chi connectivity index (χ1v) is 8.09. The molecule has 134 valence electrons. The molecule has 0 heterocycles. The van der Waals surface area contributed by atoms with Crippen molar-refractivity contribution in [3.8, 4) is 11.5 Å². The molecule has 26 heavy (non-hydrogen) atoms. The number of aromatic hydroxyl groups is 2. The summed E-state index contributed by atoms with van der Waals surface area (Å²) in [6.45, 7) is -0.670. The van der Waals surface area contributed by atoms with Gasteiger partial charge in [-0.2, -0.15) is 0 Å². The molecule has 0 spiro atoms. The molecule has 0 aromatic heterocycles. The van der Waals surface area contributed by atoms with Crippen LogP contribution in [0.25, 0.3) is 0 Å². The molecule has 7 nitrogen and oxygen atoms in total. The molecule has 4 rings (SSSR count). The number of hydrogen-bond acceptors (Lipinski definition) is 7. The zero-order chi connectivity index (χ0) is 18.8. The molecule has 0 unspecified atom stereocenters. The first kappa shape index (κ1) is 16.7. The standard InChI is InChI=1S/C19H16O7/c20-7-19(26)5-10-12(11(21)6-19)18(25)14-13(17(10)24)15(22)8-3-1-2-4-9(8)16(14)23/h1-4,11,20-21,24-26H,5-7H2/t11-,19+/m1/s1. The van der Waals surface area contributed by atoms with Crippen molar-refractivity contribution < 1.29 is 35.1 Å². The number of carbonyl (C=O) groups excluding carboxylic acids is 2. The highest BCUT2D eigenvalue weighted by Crippen LogP contribution is 2.49. The minimum Gasteiger partial charge on any atom is -0.507 e. The second kappa shape index (κ2) is 5.38. The predicted octanol–water partition coefficient (Wildman–Crippen LogP) is 0.576. The van der Waals surface area contributed by atoms with Crippen LogP contribution in [-0.4, -0.2) is 49.3 Å². The van der Waals surface area contributed by atoms with Gasteiger partial charge in [-0.1, -0.05) is 24.3 Å². The summed E-state index contributed by atoms with van der Waals surface area (Å²) in [6, 6.07) is 6.07. The molecule has 0 saturated carbocycles. The van der Waals surface area contributed by atoms with Gasteiger partial charge in [-0.3, -0.25) is 9.59 Å². The van der Waals surface area contributed by atoms with Crippen molar-refractivity contribution >= 4 is 11.6 Å². The van der Waals surface area contributed by atoms with Crippen molar-refractivity contribution in [2.45, 2.75) is 24.5 Å². The van der Waals surface area contributed by atoms with Gasteiger partial charge in [0.25, 0.3) is 0 Å². The topological polar surface area (TPSA) is 135 Å². The summed E-state index contributed by atoms with van der Waals surface area (Å²) in [4.78, 5) is 25.6. The number of hydrogen-bond donors (Lipinski definition) is 5. The van der Waals surface area contributed by atoms with E-state index in [2.05, 4.69) is 0 Å². The van der Waals surface area contributed by atoms with Gasteiger partial charge in [0.15, 0.2) is 11.6 Å². The molecule has 2 aliphatic rings. The number of rotatable bonds is 1. The van der Waals surface area contributed by atoms with Crippen molar-refractivity contribution in [1.82, 2.24) is 0 Å². The van der Waals surface area contributed by atoms with Crippen LogP contribution >= 0.6 is 0 Å². The average Bonchev–Trinajstić information content (AvgIpc) is 2.62. The van der Waals surface area contributed by atoms with Crippen LogP contribution in [-0.2, 0) is 6.42 Å². The molecule has 5 N–H and O–H groups in total. The van der Waals surface area contributed by atoms with Crippen LogP contribution < -0.4 is 0 Å². The van der Waals surface area contributed by atoms with Gasteiger partial charge in [0.1, 0.15) is 11.5 Å². The molecular weight excluding hydrogens is 340 g/mol. The van der Waals surface area contributed by atoms with Gasteiger partial charge in [-0.15, -0.1) is 0 Å². The van der Waals surface area contributed by atoms with Crippen molar-refractivity contribution in [3.05, 3.63) is 57.6 Å². The average molecular weight is 356 g/mol. The van der Waals surface area contributed by atoms with Crippen LogP contribution in [0, 0.1) is 0 Å². The lowest BCUT2D eigenvalue weighted by Gasteiger charge is -2.36. The van der Waals surface area contributed by atoms with Crippen LogP contribution in [0.3, 0.4) is 0 Å². The number of aliphatic hydroxyl groups excluding tert-OH is 2. The Morgan fingerprint density at radius 3 is 2.08 bits per heavy atom. The van der Waals surface area contributed by atoms with Crippen molar-refractivity contribution in [3.63, 3.8) is 0 Å². The number of phenols is 2. The Balaban J connectivity index is 2.04. The minimum absolute atomic E-state index is 0.0444. The maximum atomic E-state index is 12.8. The number of carbonyl (C=O) groups is 2. The van der Waals surface area contributed by atoms with Crippen LogP contribution in [0.2, 0.25) is 0 Å². The molecule has 0 saturated heterocycles. The highest BCUT2D eigenvalue weighted by molar-refractivity contribution is 6.30. The quantitative estimate of drug-likeness (QED) is 0.402. The Morgan fingerprint density at radius 2 is 1.54 bits per heavy atom.